The minimum atomic E-state index is -0.220. The van der Waals surface area contributed by atoms with E-state index in [-0.39, 0.29) is 6.03 Å². The fourth-order valence-corrected chi connectivity index (χ4v) is 2.87. The van der Waals surface area contributed by atoms with E-state index < -0.39 is 0 Å². The van der Waals surface area contributed by atoms with Crippen LogP contribution in [0.3, 0.4) is 0 Å². The molecule has 0 saturated heterocycles. The van der Waals surface area contributed by atoms with E-state index in [1.54, 1.807) is 0 Å². The van der Waals surface area contributed by atoms with Gasteiger partial charge < -0.3 is 10.6 Å². The van der Waals surface area contributed by atoms with Crippen molar-refractivity contribution < 1.29 is 4.79 Å². The molecular formula is C21H22N2O. The van der Waals surface area contributed by atoms with Gasteiger partial charge in [0.25, 0.3) is 0 Å². The Morgan fingerprint density at radius 2 is 1.50 bits per heavy atom. The van der Waals surface area contributed by atoms with Gasteiger partial charge in [0, 0.05) is 11.1 Å². The summed E-state index contributed by atoms with van der Waals surface area (Å²) in [5.41, 5.74) is 2.84. The highest BCUT2D eigenvalue weighted by atomic mass is 16.2. The number of amides is 2. The van der Waals surface area contributed by atoms with Crippen molar-refractivity contribution in [3.8, 4) is 0 Å². The molecule has 0 aliphatic rings. The van der Waals surface area contributed by atoms with Crippen molar-refractivity contribution >= 4 is 28.2 Å². The van der Waals surface area contributed by atoms with Crippen LogP contribution in [0.2, 0.25) is 0 Å². The lowest BCUT2D eigenvalue weighted by Crippen LogP contribution is -2.20. The maximum absolute atomic E-state index is 12.5. The van der Waals surface area contributed by atoms with E-state index in [4.69, 9.17) is 0 Å². The molecule has 24 heavy (non-hydrogen) atoms. The smallest absolute Gasteiger partial charge is 0.307 e. The van der Waals surface area contributed by atoms with E-state index in [1.165, 1.54) is 0 Å². The van der Waals surface area contributed by atoms with Gasteiger partial charge in [-0.3, -0.25) is 0 Å². The molecule has 1 atom stereocenters. The second kappa shape index (κ2) is 7.18. The molecular weight excluding hydrogens is 296 g/mol. The third kappa shape index (κ3) is 3.40. The van der Waals surface area contributed by atoms with Crippen LogP contribution in [0.1, 0.15) is 31.7 Å². The van der Waals surface area contributed by atoms with Crippen molar-refractivity contribution in [2.24, 2.45) is 0 Å². The molecule has 0 saturated carbocycles. The predicted octanol–water partition coefficient (Wildman–Crippen LogP) is 6.00. The average molecular weight is 318 g/mol. The summed E-state index contributed by atoms with van der Waals surface area (Å²) in [4.78, 5) is 12.5. The van der Waals surface area contributed by atoms with E-state index in [0.29, 0.717) is 5.92 Å². The van der Waals surface area contributed by atoms with Crippen LogP contribution in [-0.4, -0.2) is 6.03 Å². The number of para-hydroxylation sites is 1. The number of hydrogen-bond acceptors (Lipinski definition) is 1. The van der Waals surface area contributed by atoms with E-state index >= 15 is 0 Å². The molecule has 2 amide bonds. The number of hydrogen-bond donors (Lipinski definition) is 2. The first-order valence-corrected chi connectivity index (χ1v) is 8.33. The molecule has 0 aliphatic carbocycles. The Kier molecular flexibility index (Phi) is 4.80. The molecule has 0 radical (unpaired) electrons. The minimum Gasteiger partial charge on any atom is -0.307 e. The van der Waals surface area contributed by atoms with Crippen molar-refractivity contribution in [3.05, 3.63) is 72.3 Å². The Bertz CT molecular complexity index is 852. The molecule has 0 heterocycles. The fourth-order valence-electron chi connectivity index (χ4n) is 2.87. The zero-order chi connectivity index (χ0) is 16.9. The summed E-state index contributed by atoms with van der Waals surface area (Å²) in [7, 11) is 0. The Balaban J connectivity index is 1.81. The molecule has 0 aromatic heterocycles. The number of rotatable bonds is 4. The van der Waals surface area contributed by atoms with Gasteiger partial charge >= 0.3 is 6.03 Å². The first kappa shape index (κ1) is 16.1. The highest BCUT2D eigenvalue weighted by molar-refractivity contribution is 6.06. The van der Waals surface area contributed by atoms with Gasteiger partial charge in [-0.25, -0.2) is 4.79 Å². The van der Waals surface area contributed by atoms with Crippen LogP contribution in [0.25, 0.3) is 10.8 Å². The topological polar surface area (TPSA) is 41.1 Å². The SMILES string of the molecule is CCC(C)c1ccccc1NC(=O)Nc1cccc2ccccc12. The summed E-state index contributed by atoms with van der Waals surface area (Å²) in [5.74, 6) is 0.402. The van der Waals surface area contributed by atoms with E-state index in [1.807, 2.05) is 60.7 Å². The highest BCUT2D eigenvalue weighted by Crippen LogP contribution is 2.27. The summed E-state index contributed by atoms with van der Waals surface area (Å²) < 4.78 is 0. The summed E-state index contributed by atoms with van der Waals surface area (Å²) in [5, 5.41) is 8.10. The standard InChI is InChI=1S/C21H22N2O/c1-3-15(2)17-11-6-7-13-19(17)22-21(24)23-20-14-8-10-16-9-4-5-12-18(16)20/h4-15H,3H2,1-2H3,(H2,22,23,24). The summed E-state index contributed by atoms with van der Waals surface area (Å²) in [6.07, 6.45) is 1.03. The van der Waals surface area contributed by atoms with Gasteiger partial charge in [0.15, 0.2) is 0 Å². The van der Waals surface area contributed by atoms with Gasteiger partial charge in [-0.1, -0.05) is 68.4 Å². The molecule has 3 heteroatoms. The third-order valence-electron chi connectivity index (χ3n) is 4.39. The zero-order valence-corrected chi connectivity index (χ0v) is 14.0. The normalized spacial score (nSPS) is 11.9. The molecule has 0 spiro atoms. The number of carbonyl (C=O) groups excluding carboxylic acids is 1. The van der Waals surface area contributed by atoms with E-state index in [0.717, 1.165) is 34.1 Å². The van der Waals surface area contributed by atoms with Crippen molar-refractivity contribution in [1.82, 2.24) is 0 Å². The molecule has 3 rings (SSSR count). The molecule has 2 N–H and O–H groups in total. The lowest BCUT2D eigenvalue weighted by atomic mass is 9.97. The van der Waals surface area contributed by atoms with E-state index in [2.05, 4.69) is 30.5 Å². The number of carbonyl (C=O) groups is 1. The van der Waals surface area contributed by atoms with Gasteiger partial charge in [0.1, 0.15) is 0 Å². The predicted molar refractivity (Wildman–Crippen MR) is 102 cm³/mol. The lowest BCUT2D eigenvalue weighted by molar-refractivity contribution is 0.262. The molecule has 0 bridgehead atoms. The summed E-state index contributed by atoms with van der Waals surface area (Å²) >= 11 is 0. The van der Waals surface area contributed by atoms with Gasteiger partial charge in [-0.15, -0.1) is 0 Å². The van der Waals surface area contributed by atoms with Crippen LogP contribution in [-0.2, 0) is 0 Å². The first-order valence-electron chi connectivity index (χ1n) is 8.33. The molecule has 3 aromatic carbocycles. The van der Waals surface area contributed by atoms with Gasteiger partial charge in [0.05, 0.1) is 5.69 Å². The summed E-state index contributed by atoms with van der Waals surface area (Å²) in [6.45, 7) is 4.32. The van der Waals surface area contributed by atoms with Gasteiger partial charge in [-0.05, 0) is 35.4 Å². The average Bonchev–Trinajstić information content (AvgIpc) is 2.62. The Morgan fingerprint density at radius 1 is 0.875 bits per heavy atom. The van der Waals surface area contributed by atoms with Crippen molar-refractivity contribution in [2.75, 3.05) is 10.6 Å². The molecule has 3 aromatic rings. The number of fused-ring (bicyclic) bond motifs is 1. The number of urea groups is 1. The van der Waals surface area contributed by atoms with Crippen molar-refractivity contribution in [1.29, 1.82) is 0 Å². The number of nitrogens with one attached hydrogen (secondary N) is 2. The van der Waals surface area contributed by atoms with Crippen LogP contribution in [0, 0.1) is 0 Å². The largest absolute Gasteiger partial charge is 0.323 e. The second-order valence-corrected chi connectivity index (χ2v) is 6.00. The fraction of sp³-hybridized carbons (Fsp3) is 0.190. The number of anilines is 2. The van der Waals surface area contributed by atoms with E-state index in [9.17, 15) is 4.79 Å². The molecule has 0 fully saturated rings. The van der Waals surface area contributed by atoms with Gasteiger partial charge in [0.2, 0.25) is 0 Å². The lowest BCUT2D eigenvalue weighted by Gasteiger charge is -2.16. The van der Waals surface area contributed by atoms with Crippen LogP contribution < -0.4 is 10.6 Å². The maximum atomic E-state index is 12.5. The van der Waals surface area contributed by atoms with Crippen LogP contribution in [0.15, 0.2) is 66.7 Å². The monoisotopic (exact) mass is 318 g/mol. The second-order valence-electron chi connectivity index (χ2n) is 6.00. The Hall–Kier alpha value is -2.81. The van der Waals surface area contributed by atoms with Crippen molar-refractivity contribution in [2.45, 2.75) is 26.2 Å². The van der Waals surface area contributed by atoms with Crippen LogP contribution in [0.5, 0.6) is 0 Å². The zero-order valence-electron chi connectivity index (χ0n) is 14.0. The molecule has 0 aliphatic heterocycles. The molecule has 3 nitrogen and oxygen atoms in total. The number of benzene rings is 3. The Morgan fingerprint density at radius 3 is 2.33 bits per heavy atom. The first-order chi connectivity index (χ1) is 11.7. The van der Waals surface area contributed by atoms with Gasteiger partial charge in [-0.2, -0.15) is 0 Å². The minimum absolute atomic E-state index is 0.220. The molecule has 1 unspecified atom stereocenters. The maximum Gasteiger partial charge on any atom is 0.323 e. The quantitative estimate of drug-likeness (QED) is 0.609. The van der Waals surface area contributed by atoms with Crippen LogP contribution in [0.4, 0.5) is 16.2 Å². The van der Waals surface area contributed by atoms with Crippen LogP contribution >= 0.6 is 0 Å². The highest BCUT2D eigenvalue weighted by Gasteiger charge is 2.11. The third-order valence-corrected chi connectivity index (χ3v) is 4.39. The van der Waals surface area contributed by atoms with Crippen molar-refractivity contribution in [3.63, 3.8) is 0 Å². The Labute approximate surface area is 142 Å². The molecule has 122 valence electrons. The summed E-state index contributed by atoms with van der Waals surface area (Å²) in [6, 6.07) is 21.7.